The van der Waals surface area contributed by atoms with Gasteiger partial charge in [0.2, 0.25) is 0 Å². The van der Waals surface area contributed by atoms with Gasteiger partial charge in [-0.25, -0.2) is 10.3 Å². The number of hydrogen-bond donors (Lipinski definition) is 2. The third-order valence-corrected chi connectivity index (χ3v) is 3.98. The summed E-state index contributed by atoms with van der Waals surface area (Å²) in [6, 6.07) is 10.4. The lowest BCUT2D eigenvalue weighted by Gasteiger charge is -2.09. The number of amides is 1. The van der Waals surface area contributed by atoms with Crippen molar-refractivity contribution in [2.24, 2.45) is 0 Å². The monoisotopic (exact) mass is 341 g/mol. The molecule has 2 N–H and O–H groups in total. The van der Waals surface area contributed by atoms with Gasteiger partial charge in [0.15, 0.2) is 0 Å². The molecule has 130 valence electrons. The summed E-state index contributed by atoms with van der Waals surface area (Å²) in [5, 5.41) is 9.51. The molecule has 0 saturated carbocycles. The number of hydroxylamine groups is 1. The van der Waals surface area contributed by atoms with Gasteiger partial charge in [0.25, 0.3) is 5.91 Å². The van der Waals surface area contributed by atoms with E-state index in [-0.39, 0.29) is 0 Å². The van der Waals surface area contributed by atoms with E-state index in [1.165, 1.54) is 0 Å². The molecule has 7 heteroatoms. The second kappa shape index (κ2) is 6.92. The SMILES string of the molecule is CN(C)CCOC(=O)c1c2ccc(C(=O)NO)cc2n2ccccc12. The number of aromatic nitrogens is 1. The number of carbonyl (C=O) groups is 2. The number of ether oxygens (including phenoxy) is 1. The van der Waals surface area contributed by atoms with Gasteiger partial charge < -0.3 is 14.0 Å². The van der Waals surface area contributed by atoms with Gasteiger partial charge in [-0.15, -0.1) is 0 Å². The Morgan fingerprint density at radius 1 is 1.20 bits per heavy atom. The number of hydrogen-bond acceptors (Lipinski definition) is 5. The maximum Gasteiger partial charge on any atom is 0.341 e. The number of likely N-dealkylation sites (N-methyl/N-ethyl adjacent to an activating group) is 1. The maximum atomic E-state index is 12.6. The van der Waals surface area contributed by atoms with Gasteiger partial charge in [0.1, 0.15) is 6.61 Å². The highest BCUT2D eigenvalue weighted by atomic mass is 16.5. The molecular weight excluding hydrogens is 322 g/mol. The Morgan fingerprint density at radius 3 is 2.72 bits per heavy atom. The van der Waals surface area contributed by atoms with E-state index in [0.29, 0.717) is 40.7 Å². The van der Waals surface area contributed by atoms with Crippen LogP contribution in [0.3, 0.4) is 0 Å². The van der Waals surface area contributed by atoms with E-state index in [1.54, 1.807) is 23.7 Å². The van der Waals surface area contributed by atoms with Crippen LogP contribution in [-0.2, 0) is 4.74 Å². The molecule has 0 saturated heterocycles. The normalized spacial score (nSPS) is 11.2. The van der Waals surface area contributed by atoms with Crippen LogP contribution in [0.1, 0.15) is 20.7 Å². The van der Waals surface area contributed by atoms with E-state index < -0.39 is 11.9 Å². The number of carbonyl (C=O) groups excluding carboxylic acids is 2. The molecule has 0 radical (unpaired) electrons. The van der Waals surface area contributed by atoms with Gasteiger partial charge in [-0.3, -0.25) is 10.0 Å². The molecule has 0 atom stereocenters. The summed E-state index contributed by atoms with van der Waals surface area (Å²) in [7, 11) is 3.81. The Hall–Kier alpha value is -2.90. The molecule has 0 unspecified atom stereocenters. The van der Waals surface area contributed by atoms with Gasteiger partial charge in [0, 0.05) is 23.7 Å². The number of benzene rings is 1. The third kappa shape index (κ3) is 3.19. The maximum absolute atomic E-state index is 12.6. The van der Waals surface area contributed by atoms with E-state index in [9.17, 15) is 9.59 Å². The van der Waals surface area contributed by atoms with Crippen molar-refractivity contribution in [3.05, 3.63) is 53.7 Å². The van der Waals surface area contributed by atoms with E-state index >= 15 is 0 Å². The minimum Gasteiger partial charge on any atom is -0.461 e. The van der Waals surface area contributed by atoms with Crippen molar-refractivity contribution in [3.63, 3.8) is 0 Å². The first-order valence-corrected chi connectivity index (χ1v) is 7.82. The first kappa shape index (κ1) is 16.9. The summed E-state index contributed by atoms with van der Waals surface area (Å²) in [4.78, 5) is 26.2. The fourth-order valence-corrected chi connectivity index (χ4v) is 2.75. The van der Waals surface area contributed by atoms with Crippen LogP contribution in [-0.4, -0.2) is 53.6 Å². The van der Waals surface area contributed by atoms with E-state index in [1.807, 2.05) is 47.8 Å². The molecular formula is C18H19N3O4. The lowest BCUT2D eigenvalue weighted by molar-refractivity contribution is 0.0486. The molecule has 3 rings (SSSR count). The van der Waals surface area contributed by atoms with Crippen LogP contribution in [0.15, 0.2) is 42.6 Å². The highest BCUT2D eigenvalue weighted by Crippen LogP contribution is 2.28. The largest absolute Gasteiger partial charge is 0.461 e. The lowest BCUT2D eigenvalue weighted by Crippen LogP contribution is -2.20. The number of esters is 1. The molecule has 1 aromatic carbocycles. The Balaban J connectivity index is 2.10. The third-order valence-electron chi connectivity index (χ3n) is 3.98. The molecule has 0 fully saturated rings. The van der Waals surface area contributed by atoms with Crippen LogP contribution in [0.5, 0.6) is 0 Å². The molecule has 0 aliphatic heterocycles. The van der Waals surface area contributed by atoms with Crippen LogP contribution in [0.25, 0.3) is 16.4 Å². The van der Waals surface area contributed by atoms with E-state index in [4.69, 9.17) is 9.94 Å². The predicted molar refractivity (Wildman–Crippen MR) is 93.0 cm³/mol. The number of pyridine rings is 1. The predicted octanol–water partition coefficient (Wildman–Crippen LogP) is 1.93. The summed E-state index contributed by atoms with van der Waals surface area (Å²) in [6.07, 6.45) is 1.81. The second-order valence-corrected chi connectivity index (χ2v) is 5.94. The molecule has 2 heterocycles. The van der Waals surface area contributed by atoms with E-state index in [0.717, 1.165) is 0 Å². The zero-order valence-corrected chi connectivity index (χ0v) is 14.0. The van der Waals surface area contributed by atoms with E-state index in [2.05, 4.69) is 0 Å². The van der Waals surface area contributed by atoms with Crippen molar-refractivity contribution in [2.75, 3.05) is 27.2 Å². The molecule has 2 aromatic heterocycles. The second-order valence-electron chi connectivity index (χ2n) is 5.94. The van der Waals surface area contributed by atoms with Crippen LogP contribution in [0.4, 0.5) is 0 Å². The molecule has 0 spiro atoms. The summed E-state index contributed by atoms with van der Waals surface area (Å²) in [6.45, 7) is 0.929. The Bertz CT molecular complexity index is 946. The van der Waals surface area contributed by atoms with Crippen molar-refractivity contribution in [3.8, 4) is 0 Å². The van der Waals surface area contributed by atoms with Crippen molar-refractivity contribution >= 4 is 28.3 Å². The minimum absolute atomic E-state index is 0.294. The topological polar surface area (TPSA) is 83.3 Å². The smallest absolute Gasteiger partial charge is 0.341 e. The summed E-state index contributed by atoms with van der Waals surface area (Å²) in [5.74, 6) is -1.01. The van der Waals surface area contributed by atoms with Crippen LogP contribution < -0.4 is 5.48 Å². The van der Waals surface area contributed by atoms with Gasteiger partial charge in [-0.2, -0.15) is 0 Å². The molecule has 7 nitrogen and oxygen atoms in total. The van der Waals surface area contributed by atoms with Gasteiger partial charge in [0.05, 0.1) is 16.6 Å². The molecule has 0 aliphatic rings. The molecule has 0 aliphatic carbocycles. The van der Waals surface area contributed by atoms with Crippen LogP contribution in [0.2, 0.25) is 0 Å². The van der Waals surface area contributed by atoms with Gasteiger partial charge in [-0.05, 0) is 38.4 Å². The number of fused-ring (bicyclic) bond motifs is 3. The number of nitrogens with one attached hydrogen (secondary N) is 1. The standard InChI is InChI=1S/C18H19N3O4/c1-20(2)9-10-25-18(23)16-13-7-6-12(17(22)19-24)11-15(13)21-8-4-3-5-14(16)21/h3-8,11,24H,9-10H2,1-2H3,(H,19,22). The zero-order chi connectivity index (χ0) is 18.0. The fraction of sp³-hybridized carbons (Fsp3) is 0.222. The quantitative estimate of drug-likeness (QED) is 0.421. The number of nitrogens with zero attached hydrogens (tertiary/aromatic N) is 2. The lowest BCUT2D eigenvalue weighted by atomic mass is 10.1. The van der Waals surface area contributed by atoms with Crippen molar-refractivity contribution in [1.82, 2.24) is 14.8 Å². The average Bonchev–Trinajstić information content (AvgIpc) is 2.94. The van der Waals surface area contributed by atoms with Gasteiger partial charge in [-0.1, -0.05) is 12.1 Å². The summed E-state index contributed by atoms with van der Waals surface area (Å²) >= 11 is 0. The first-order valence-electron chi connectivity index (χ1n) is 7.82. The van der Waals surface area contributed by atoms with Crippen LogP contribution >= 0.6 is 0 Å². The number of rotatable bonds is 5. The minimum atomic E-state index is -0.608. The van der Waals surface area contributed by atoms with Crippen molar-refractivity contribution in [1.29, 1.82) is 0 Å². The highest BCUT2D eigenvalue weighted by Gasteiger charge is 2.20. The van der Waals surface area contributed by atoms with Crippen molar-refractivity contribution in [2.45, 2.75) is 0 Å². The molecule has 25 heavy (non-hydrogen) atoms. The molecule has 3 aromatic rings. The average molecular weight is 341 g/mol. The Morgan fingerprint density at radius 2 is 2.00 bits per heavy atom. The molecule has 0 bridgehead atoms. The first-order chi connectivity index (χ1) is 12.0. The Labute approximate surface area is 144 Å². The highest BCUT2D eigenvalue weighted by molar-refractivity contribution is 6.12. The summed E-state index contributed by atoms with van der Waals surface area (Å²) < 4.78 is 7.22. The van der Waals surface area contributed by atoms with Crippen molar-refractivity contribution < 1.29 is 19.5 Å². The fourth-order valence-electron chi connectivity index (χ4n) is 2.75. The summed E-state index contributed by atoms with van der Waals surface area (Å²) in [5.41, 5.74) is 3.77. The van der Waals surface area contributed by atoms with Gasteiger partial charge >= 0.3 is 5.97 Å². The van der Waals surface area contributed by atoms with Crippen LogP contribution in [0, 0.1) is 0 Å². The Kier molecular flexibility index (Phi) is 4.69. The zero-order valence-electron chi connectivity index (χ0n) is 14.0. The molecule has 1 amide bonds.